The molecule has 2 N–H and O–H groups in total. The Kier molecular flexibility index (Phi) is 8.10. The van der Waals surface area contributed by atoms with E-state index in [1.807, 2.05) is 7.05 Å². The fourth-order valence-corrected chi connectivity index (χ4v) is 3.07. The number of nitrogens with one attached hydrogen (secondary N) is 2. The monoisotopic (exact) mass is 330 g/mol. The number of piperidine rings is 1. The lowest BCUT2D eigenvalue weighted by Gasteiger charge is -2.30. The SMILES string of the molecule is CN=C(NCCCCN1CCC(C)CC1)NCc1ccc(C)cc1. The van der Waals surface area contributed by atoms with Crippen molar-refractivity contribution in [2.75, 3.05) is 33.2 Å². The molecular weight excluding hydrogens is 296 g/mol. The van der Waals surface area contributed by atoms with E-state index in [0.717, 1.165) is 25.0 Å². The predicted molar refractivity (Wildman–Crippen MR) is 103 cm³/mol. The first-order valence-corrected chi connectivity index (χ1v) is 9.40. The minimum Gasteiger partial charge on any atom is -0.356 e. The normalized spacial score (nSPS) is 17.0. The Balaban J connectivity index is 1.55. The highest BCUT2D eigenvalue weighted by molar-refractivity contribution is 5.79. The standard InChI is InChI=1S/C20H34N4/c1-17-6-8-19(9-7-17)16-23-20(21-3)22-12-4-5-13-24-14-10-18(2)11-15-24/h6-9,18H,4-5,10-16H2,1-3H3,(H2,21,22,23). The molecule has 4 nitrogen and oxygen atoms in total. The minimum absolute atomic E-state index is 0.811. The third-order valence-corrected chi connectivity index (χ3v) is 4.87. The van der Waals surface area contributed by atoms with Crippen LogP contribution < -0.4 is 10.6 Å². The number of aliphatic imine (C=N–C) groups is 1. The van der Waals surface area contributed by atoms with E-state index in [0.29, 0.717) is 0 Å². The summed E-state index contributed by atoms with van der Waals surface area (Å²) in [6.45, 7) is 10.1. The van der Waals surface area contributed by atoms with Crippen LogP contribution in [-0.2, 0) is 6.54 Å². The summed E-state index contributed by atoms with van der Waals surface area (Å²) < 4.78 is 0. The van der Waals surface area contributed by atoms with Crippen molar-refractivity contribution in [3.8, 4) is 0 Å². The molecule has 1 heterocycles. The van der Waals surface area contributed by atoms with Gasteiger partial charge in [0.1, 0.15) is 0 Å². The van der Waals surface area contributed by atoms with Crippen LogP contribution in [-0.4, -0.2) is 44.1 Å². The fraction of sp³-hybridized carbons (Fsp3) is 0.650. The van der Waals surface area contributed by atoms with Crippen LogP contribution in [0.2, 0.25) is 0 Å². The zero-order valence-corrected chi connectivity index (χ0v) is 15.6. The average molecular weight is 331 g/mol. The number of benzene rings is 1. The van der Waals surface area contributed by atoms with E-state index >= 15 is 0 Å². The molecule has 134 valence electrons. The largest absolute Gasteiger partial charge is 0.356 e. The van der Waals surface area contributed by atoms with Gasteiger partial charge in [-0.1, -0.05) is 36.8 Å². The summed E-state index contributed by atoms with van der Waals surface area (Å²) in [5.41, 5.74) is 2.58. The molecule has 1 aromatic rings. The average Bonchev–Trinajstić information content (AvgIpc) is 2.60. The lowest BCUT2D eigenvalue weighted by Crippen LogP contribution is -2.38. The molecule has 0 spiro atoms. The summed E-state index contributed by atoms with van der Waals surface area (Å²) in [7, 11) is 1.83. The van der Waals surface area contributed by atoms with E-state index in [2.05, 4.69) is 58.6 Å². The van der Waals surface area contributed by atoms with E-state index < -0.39 is 0 Å². The Morgan fingerprint density at radius 3 is 2.50 bits per heavy atom. The molecule has 0 aliphatic carbocycles. The molecule has 2 rings (SSSR count). The zero-order chi connectivity index (χ0) is 17.2. The van der Waals surface area contributed by atoms with Crippen LogP contribution >= 0.6 is 0 Å². The van der Waals surface area contributed by atoms with Gasteiger partial charge in [-0.25, -0.2) is 0 Å². The minimum atomic E-state index is 0.811. The Bertz CT molecular complexity index is 487. The lowest BCUT2D eigenvalue weighted by molar-refractivity contribution is 0.189. The number of aryl methyl sites for hydroxylation is 1. The van der Waals surface area contributed by atoms with Crippen molar-refractivity contribution in [3.63, 3.8) is 0 Å². The number of rotatable bonds is 7. The Morgan fingerprint density at radius 2 is 1.83 bits per heavy atom. The Hall–Kier alpha value is -1.55. The molecule has 24 heavy (non-hydrogen) atoms. The molecule has 0 bridgehead atoms. The zero-order valence-electron chi connectivity index (χ0n) is 15.6. The van der Waals surface area contributed by atoms with Gasteiger partial charge in [0.25, 0.3) is 0 Å². The van der Waals surface area contributed by atoms with E-state index in [1.165, 1.54) is 56.4 Å². The van der Waals surface area contributed by atoms with Crippen molar-refractivity contribution in [1.82, 2.24) is 15.5 Å². The van der Waals surface area contributed by atoms with Crippen LogP contribution in [0.1, 0.15) is 43.7 Å². The molecule has 0 aromatic heterocycles. The van der Waals surface area contributed by atoms with Crippen LogP contribution in [0, 0.1) is 12.8 Å². The first-order chi connectivity index (χ1) is 11.7. The van der Waals surface area contributed by atoms with Crippen LogP contribution in [0.4, 0.5) is 0 Å². The van der Waals surface area contributed by atoms with Gasteiger partial charge < -0.3 is 15.5 Å². The smallest absolute Gasteiger partial charge is 0.191 e. The van der Waals surface area contributed by atoms with Crippen molar-refractivity contribution < 1.29 is 0 Å². The number of hydrogen-bond donors (Lipinski definition) is 2. The fourth-order valence-electron chi connectivity index (χ4n) is 3.07. The number of hydrogen-bond acceptors (Lipinski definition) is 2. The summed E-state index contributed by atoms with van der Waals surface area (Å²) >= 11 is 0. The topological polar surface area (TPSA) is 39.7 Å². The van der Waals surface area contributed by atoms with Gasteiger partial charge in [-0.2, -0.15) is 0 Å². The molecule has 1 aliphatic rings. The van der Waals surface area contributed by atoms with Gasteiger partial charge in [0.2, 0.25) is 0 Å². The molecule has 1 aromatic carbocycles. The molecule has 4 heteroatoms. The van der Waals surface area contributed by atoms with Gasteiger partial charge in [0, 0.05) is 20.1 Å². The predicted octanol–water partition coefficient (Wildman–Crippen LogP) is 3.17. The Labute approximate surface area is 147 Å². The lowest BCUT2D eigenvalue weighted by atomic mass is 9.99. The second kappa shape index (κ2) is 10.3. The number of likely N-dealkylation sites (tertiary alicyclic amines) is 1. The summed E-state index contributed by atoms with van der Waals surface area (Å²) in [6.07, 6.45) is 5.19. The van der Waals surface area contributed by atoms with Gasteiger partial charge in [-0.05, 0) is 63.7 Å². The van der Waals surface area contributed by atoms with Gasteiger partial charge in [-0.15, -0.1) is 0 Å². The molecule has 1 fully saturated rings. The van der Waals surface area contributed by atoms with Crippen molar-refractivity contribution in [1.29, 1.82) is 0 Å². The first-order valence-electron chi connectivity index (χ1n) is 9.40. The second-order valence-corrected chi connectivity index (χ2v) is 7.07. The Morgan fingerprint density at radius 1 is 1.12 bits per heavy atom. The van der Waals surface area contributed by atoms with Crippen molar-refractivity contribution >= 4 is 5.96 Å². The number of nitrogens with zero attached hydrogens (tertiary/aromatic N) is 2. The maximum Gasteiger partial charge on any atom is 0.191 e. The highest BCUT2D eigenvalue weighted by Crippen LogP contribution is 2.16. The highest BCUT2D eigenvalue weighted by atomic mass is 15.2. The van der Waals surface area contributed by atoms with Gasteiger partial charge in [0.05, 0.1) is 0 Å². The van der Waals surface area contributed by atoms with Gasteiger partial charge in [0.15, 0.2) is 5.96 Å². The molecule has 1 aliphatic heterocycles. The first kappa shape index (κ1) is 18.8. The highest BCUT2D eigenvalue weighted by Gasteiger charge is 2.14. The van der Waals surface area contributed by atoms with Gasteiger partial charge in [-0.3, -0.25) is 4.99 Å². The molecule has 0 amide bonds. The molecule has 0 saturated carbocycles. The van der Waals surface area contributed by atoms with Crippen molar-refractivity contribution in [2.24, 2.45) is 10.9 Å². The molecule has 0 unspecified atom stereocenters. The van der Waals surface area contributed by atoms with Crippen molar-refractivity contribution in [3.05, 3.63) is 35.4 Å². The summed E-state index contributed by atoms with van der Waals surface area (Å²) in [4.78, 5) is 6.92. The summed E-state index contributed by atoms with van der Waals surface area (Å²) in [5.74, 6) is 1.81. The maximum atomic E-state index is 4.30. The molecule has 1 saturated heterocycles. The van der Waals surface area contributed by atoms with Crippen LogP contribution in [0.3, 0.4) is 0 Å². The second-order valence-electron chi connectivity index (χ2n) is 7.07. The number of unbranched alkanes of at least 4 members (excludes halogenated alkanes) is 1. The van der Waals surface area contributed by atoms with E-state index in [1.54, 1.807) is 0 Å². The maximum absolute atomic E-state index is 4.30. The van der Waals surface area contributed by atoms with E-state index in [4.69, 9.17) is 0 Å². The quantitative estimate of drug-likeness (QED) is 0.458. The third kappa shape index (κ3) is 6.91. The van der Waals surface area contributed by atoms with Crippen LogP contribution in [0.15, 0.2) is 29.3 Å². The molecular formula is C20H34N4. The summed E-state index contributed by atoms with van der Waals surface area (Å²) in [6, 6.07) is 8.62. The third-order valence-electron chi connectivity index (χ3n) is 4.87. The summed E-state index contributed by atoms with van der Waals surface area (Å²) in [5, 5.41) is 6.79. The van der Waals surface area contributed by atoms with E-state index in [-0.39, 0.29) is 0 Å². The van der Waals surface area contributed by atoms with Crippen LogP contribution in [0.25, 0.3) is 0 Å². The van der Waals surface area contributed by atoms with Crippen molar-refractivity contribution in [2.45, 2.75) is 46.1 Å². The molecule has 0 atom stereocenters. The van der Waals surface area contributed by atoms with Crippen LogP contribution in [0.5, 0.6) is 0 Å². The number of guanidine groups is 1. The molecule has 0 radical (unpaired) electrons. The van der Waals surface area contributed by atoms with E-state index in [9.17, 15) is 0 Å². The van der Waals surface area contributed by atoms with Gasteiger partial charge >= 0.3 is 0 Å².